The highest BCUT2D eigenvalue weighted by Gasteiger charge is 2.29. The topological polar surface area (TPSA) is 48.1 Å². The van der Waals surface area contributed by atoms with E-state index in [1.165, 1.54) is 5.56 Å². The Balaban J connectivity index is 1.57. The maximum absolute atomic E-state index is 9.18. The molecule has 31 heavy (non-hydrogen) atoms. The van der Waals surface area contributed by atoms with Crippen molar-refractivity contribution < 1.29 is 0 Å². The van der Waals surface area contributed by atoms with Crippen LogP contribution in [0, 0.1) is 11.3 Å². The molecule has 1 aromatic heterocycles. The van der Waals surface area contributed by atoms with Crippen LogP contribution in [0.5, 0.6) is 0 Å². The van der Waals surface area contributed by atoms with Gasteiger partial charge in [-0.25, -0.2) is 4.98 Å². The predicted molar refractivity (Wildman–Crippen MR) is 126 cm³/mol. The van der Waals surface area contributed by atoms with Crippen LogP contribution in [0.2, 0.25) is 10.0 Å². The first-order chi connectivity index (χ1) is 15.1. The highest BCUT2D eigenvalue weighted by molar-refractivity contribution is 6.33. The van der Waals surface area contributed by atoms with Gasteiger partial charge in [0.15, 0.2) is 0 Å². The van der Waals surface area contributed by atoms with E-state index in [1.54, 1.807) is 6.07 Å². The van der Waals surface area contributed by atoms with Gasteiger partial charge < -0.3 is 9.47 Å². The van der Waals surface area contributed by atoms with Gasteiger partial charge in [-0.15, -0.1) is 0 Å². The molecule has 7 heteroatoms. The van der Waals surface area contributed by atoms with E-state index >= 15 is 0 Å². The van der Waals surface area contributed by atoms with E-state index in [4.69, 9.17) is 23.2 Å². The minimum Gasteiger partial charge on any atom is -0.361 e. The molecule has 0 radical (unpaired) electrons. The average Bonchev–Trinajstić information content (AvgIpc) is 3.26. The predicted octanol–water partition coefficient (Wildman–Crippen LogP) is 5.19. The number of hydrogen-bond acceptors (Lipinski definition) is 4. The molecule has 1 unspecified atom stereocenters. The minimum atomic E-state index is 0.143. The molecule has 1 saturated heterocycles. The van der Waals surface area contributed by atoms with Crippen molar-refractivity contribution in [2.75, 3.05) is 31.1 Å². The normalized spacial score (nSPS) is 17.0. The highest BCUT2D eigenvalue weighted by Crippen LogP contribution is 2.36. The Bertz CT molecular complexity index is 1070. The molecule has 0 spiro atoms. The number of hydrogen-bond donors (Lipinski definition) is 0. The molecule has 1 aliphatic heterocycles. The van der Waals surface area contributed by atoms with Crippen LogP contribution < -0.4 is 4.90 Å². The van der Waals surface area contributed by atoms with E-state index in [-0.39, 0.29) is 6.04 Å². The maximum atomic E-state index is 9.18. The molecule has 2 heterocycles. The van der Waals surface area contributed by atoms with Crippen LogP contribution in [0.25, 0.3) is 0 Å². The van der Waals surface area contributed by atoms with Crippen LogP contribution in [0.1, 0.15) is 29.9 Å². The van der Waals surface area contributed by atoms with Gasteiger partial charge in [0.25, 0.3) is 0 Å². The Labute approximate surface area is 193 Å². The van der Waals surface area contributed by atoms with Crippen molar-refractivity contribution in [3.63, 3.8) is 0 Å². The summed E-state index contributed by atoms with van der Waals surface area (Å²) in [5.74, 6) is 1.12. The van der Waals surface area contributed by atoms with Crippen molar-refractivity contribution in [3.05, 3.63) is 81.9 Å². The molecular formula is C24H25Cl2N5. The van der Waals surface area contributed by atoms with Gasteiger partial charge >= 0.3 is 0 Å². The molecule has 5 nitrogen and oxygen atoms in total. The fourth-order valence-corrected chi connectivity index (χ4v) is 4.63. The van der Waals surface area contributed by atoms with Crippen LogP contribution in [-0.4, -0.2) is 40.6 Å². The van der Waals surface area contributed by atoms with Gasteiger partial charge in [-0.05, 0) is 35.9 Å². The SMILES string of the molecule is CCc1nccn1CCN1CCN(c2ccc(C#N)cc2Cl)C(c2ccc(Cl)cc2)C1. The number of anilines is 1. The summed E-state index contributed by atoms with van der Waals surface area (Å²) in [6.07, 6.45) is 4.87. The van der Waals surface area contributed by atoms with Gasteiger partial charge in [-0.3, -0.25) is 4.90 Å². The zero-order valence-corrected chi connectivity index (χ0v) is 19.0. The molecule has 3 aromatic rings. The number of imidazole rings is 1. The van der Waals surface area contributed by atoms with Gasteiger partial charge in [0.1, 0.15) is 5.82 Å². The monoisotopic (exact) mass is 453 g/mol. The van der Waals surface area contributed by atoms with Crippen LogP contribution in [-0.2, 0) is 13.0 Å². The number of halogens is 2. The summed E-state index contributed by atoms with van der Waals surface area (Å²) in [5.41, 5.74) is 2.73. The molecule has 0 aliphatic carbocycles. The third-order valence-corrected chi connectivity index (χ3v) is 6.44. The summed E-state index contributed by atoms with van der Waals surface area (Å²) < 4.78 is 2.24. The number of nitriles is 1. The summed E-state index contributed by atoms with van der Waals surface area (Å²) in [5, 5.41) is 10.5. The lowest BCUT2D eigenvalue weighted by Crippen LogP contribution is -2.49. The maximum Gasteiger partial charge on any atom is 0.108 e. The van der Waals surface area contributed by atoms with E-state index in [0.717, 1.165) is 55.7 Å². The number of nitrogens with zero attached hydrogens (tertiary/aromatic N) is 5. The van der Waals surface area contributed by atoms with Gasteiger partial charge in [0, 0.05) is 56.6 Å². The van der Waals surface area contributed by atoms with E-state index < -0.39 is 0 Å². The average molecular weight is 454 g/mol. The molecule has 160 valence electrons. The highest BCUT2D eigenvalue weighted by atomic mass is 35.5. The van der Waals surface area contributed by atoms with Crippen LogP contribution in [0.3, 0.4) is 0 Å². The Morgan fingerprint density at radius 2 is 1.90 bits per heavy atom. The van der Waals surface area contributed by atoms with Gasteiger partial charge in [-0.1, -0.05) is 42.3 Å². The zero-order chi connectivity index (χ0) is 21.8. The molecule has 1 fully saturated rings. The third-order valence-electron chi connectivity index (χ3n) is 5.88. The van der Waals surface area contributed by atoms with Crippen molar-refractivity contribution in [1.29, 1.82) is 5.26 Å². The zero-order valence-electron chi connectivity index (χ0n) is 17.5. The molecule has 0 saturated carbocycles. The Morgan fingerprint density at radius 3 is 2.61 bits per heavy atom. The largest absolute Gasteiger partial charge is 0.361 e. The first-order valence-corrected chi connectivity index (χ1v) is 11.3. The van der Waals surface area contributed by atoms with Crippen LogP contribution in [0.15, 0.2) is 54.9 Å². The van der Waals surface area contributed by atoms with Crippen molar-refractivity contribution >= 4 is 28.9 Å². The third kappa shape index (κ3) is 4.88. The second kappa shape index (κ2) is 9.74. The van der Waals surface area contributed by atoms with Gasteiger partial charge in [-0.2, -0.15) is 5.26 Å². The van der Waals surface area contributed by atoms with Gasteiger partial charge in [0.05, 0.1) is 28.4 Å². The molecule has 4 rings (SSSR count). The van der Waals surface area contributed by atoms with Crippen molar-refractivity contribution in [2.24, 2.45) is 0 Å². The fraction of sp³-hybridized carbons (Fsp3) is 0.333. The lowest BCUT2D eigenvalue weighted by molar-refractivity contribution is 0.215. The van der Waals surface area contributed by atoms with E-state index in [9.17, 15) is 5.26 Å². The molecule has 0 amide bonds. The van der Waals surface area contributed by atoms with Crippen LogP contribution in [0.4, 0.5) is 5.69 Å². The molecule has 0 bridgehead atoms. The second-order valence-corrected chi connectivity index (χ2v) is 8.57. The summed E-state index contributed by atoms with van der Waals surface area (Å²) in [6, 6.07) is 15.9. The fourth-order valence-electron chi connectivity index (χ4n) is 4.22. The lowest BCUT2D eigenvalue weighted by atomic mass is 10.0. The van der Waals surface area contributed by atoms with Crippen LogP contribution >= 0.6 is 23.2 Å². The molecule has 1 atom stereocenters. The molecule has 2 aromatic carbocycles. The van der Waals surface area contributed by atoms with Gasteiger partial charge in [0.2, 0.25) is 0 Å². The molecule has 0 N–H and O–H groups in total. The smallest absolute Gasteiger partial charge is 0.108 e. The first-order valence-electron chi connectivity index (χ1n) is 10.5. The molecular weight excluding hydrogens is 429 g/mol. The van der Waals surface area contributed by atoms with E-state index in [2.05, 4.69) is 50.7 Å². The summed E-state index contributed by atoms with van der Waals surface area (Å²) in [4.78, 5) is 9.27. The Morgan fingerprint density at radius 1 is 1.10 bits per heavy atom. The lowest BCUT2D eigenvalue weighted by Gasteiger charge is -2.43. The molecule has 1 aliphatic rings. The summed E-state index contributed by atoms with van der Waals surface area (Å²) in [7, 11) is 0. The standard InChI is InChI=1S/C24H25Cl2N5/c1-2-24-28-9-10-30(24)13-11-29-12-14-31(22-8-3-18(16-27)15-21(22)26)23(17-29)19-4-6-20(25)7-5-19/h3-10,15,23H,2,11-14,17H2,1H3. The number of rotatable bonds is 6. The first kappa shape index (κ1) is 21.7. The minimum absolute atomic E-state index is 0.143. The number of aryl methyl sites for hydroxylation is 1. The summed E-state index contributed by atoms with van der Waals surface area (Å²) >= 11 is 12.7. The Hall–Kier alpha value is -2.52. The van der Waals surface area contributed by atoms with Crippen molar-refractivity contribution in [3.8, 4) is 6.07 Å². The van der Waals surface area contributed by atoms with Crippen molar-refractivity contribution in [1.82, 2.24) is 14.5 Å². The van der Waals surface area contributed by atoms with E-state index in [0.29, 0.717) is 10.6 Å². The Kier molecular flexibility index (Phi) is 6.82. The number of benzene rings is 2. The number of aromatic nitrogens is 2. The second-order valence-electron chi connectivity index (χ2n) is 7.73. The van der Waals surface area contributed by atoms with E-state index in [1.807, 2.05) is 30.5 Å². The quantitative estimate of drug-likeness (QED) is 0.515. The number of piperazine rings is 1. The summed E-state index contributed by atoms with van der Waals surface area (Å²) in [6.45, 7) is 6.69. The van der Waals surface area contributed by atoms with Crippen molar-refractivity contribution in [2.45, 2.75) is 25.9 Å².